The van der Waals surface area contributed by atoms with Crippen LogP contribution in [0.25, 0.3) is 11.0 Å². The highest BCUT2D eigenvalue weighted by atomic mass is 35.5. The fourth-order valence-corrected chi connectivity index (χ4v) is 2.51. The van der Waals surface area contributed by atoms with E-state index in [-0.39, 0.29) is 5.38 Å². The summed E-state index contributed by atoms with van der Waals surface area (Å²) in [6.45, 7) is 2.77. The van der Waals surface area contributed by atoms with Gasteiger partial charge >= 0.3 is 0 Å². The molecule has 1 aromatic carbocycles. The zero-order valence-corrected chi connectivity index (χ0v) is 11.9. The van der Waals surface area contributed by atoms with Crippen LogP contribution in [0.1, 0.15) is 23.7 Å². The first kappa shape index (κ1) is 13.3. The molecule has 0 amide bonds. The highest BCUT2D eigenvalue weighted by Crippen LogP contribution is 2.26. The van der Waals surface area contributed by atoms with Crippen LogP contribution < -0.4 is 0 Å². The van der Waals surface area contributed by atoms with Crippen LogP contribution in [0, 0.1) is 11.3 Å². The number of aryl methyl sites for hydroxylation is 1. The maximum absolute atomic E-state index is 9.11. The Morgan fingerprint density at radius 2 is 2.33 bits per heavy atom. The van der Waals surface area contributed by atoms with Gasteiger partial charge in [0, 0.05) is 12.3 Å². The molecule has 3 nitrogen and oxygen atoms in total. The molecule has 2 rings (SSSR count). The van der Waals surface area contributed by atoms with Gasteiger partial charge in [0.15, 0.2) is 0 Å². The number of nitrogens with zero attached hydrogens (tertiary/aromatic N) is 3. The van der Waals surface area contributed by atoms with E-state index in [1.165, 1.54) is 0 Å². The summed E-state index contributed by atoms with van der Waals surface area (Å²) in [4.78, 5) is 4.54. The van der Waals surface area contributed by atoms with Crippen molar-refractivity contribution < 1.29 is 0 Å². The van der Waals surface area contributed by atoms with Gasteiger partial charge in [0.1, 0.15) is 17.4 Å². The molecule has 0 aliphatic rings. The van der Waals surface area contributed by atoms with Gasteiger partial charge in [0.05, 0.1) is 16.5 Å². The molecule has 5 heteroatoms. The van der Waals surface area contributed by atoms with E-state index in [1.54, 1.807) is 17.8 Å². The van der Waals surface area contributed by atoms with Crippen molar-refractivity contribution in [1.29, 1.82) is 5.26 Å². The molecule has 0 aliphatic carbocycles. The Hall–Kier alpha value is -1.18. The van der Waals surface area contributed by atoms with Crippen molar-refractivity contribution in [2.24, 2.45) is 0 Å². The molecule has 1 atom stereocenters. The average Bonchev–Trinajstić information content (AvgIpc) is 2.75. The lowest BCUT2D eigenvalue weighted by atomic mass is 10.2. The fraction of sp³-hybridized carbons (Fsp3) is 0.385. The molecule has 0 fully saturated rings. The number of nitriles is 1. The molecule has 1 aromatic heterocycles. The van der Waals surface area contributed by atoms with Crippen molar-refractivity contribution in [2.45, 2.75) is 18.8 Å². The Balaban J connectivity index is 2.64. The van der Waals surface area contributed by atoms with Gasteiger partial charge < -0.3 is 4.57 Å². The predicted octanol–water partition coefficient (Wildman–Crippen LogP) is 3.57. The molecule has 1 heterocycles. The summed E-state index contributed by atoms with van der Waals surface area (Å²) >= 11 is 7.96. The Labute approximate surface area is 116 Å². The zero-order chi connectivity index (χ0) is 13.1. The van der Waals surface area contributed by atoms with Gasteiger partial charge in [0.25, 0.3) is 0 Å². The SMILES string of the molecule is CSCCn1c(C(C)Cl)nc2c(C#N)cccc21. The van der Waals surface area contributed by atoms with E-state index in [0.29, 0.717) is 5.56 Å². The summed E-state index contributed by atoms with van der Waals surface area (Å²) in [5.41, 5.74) is 2.35. The normalized spacial score (nSPS) is 12.6. The maximum atomic E-state index is 9.11. The fourth-order valence-electron chi connectivity index (χ4n) is 1.98. The summed E-state index contributed by atoms with van der Waals surface area (Å²) in [6.07, 6.45) is 2.07. The number of fused-ring (bicyclic) bond motifs is 1. The Morgan fingerprint density at radius 3 is 2.94 bits per heavy atom. The molecule has 0 saturated carbocycles. The van der Waals surface area contributed by atoms with Crippen LogP contribution in [-0.4, -0.2) is 21.6 Å². The van der Waals surface area contributed by atoms with Crippen LogP contribution in [0.5, 0.6) is 0 Å². The lowest BCUT2D eigenvalue weighted by Crippen LogP contribution is -2.06. The van der Waals surface area contributed by atoms with Crippen molar-refractivity contribution in [2.75, 3.05) is 12.0 Å². The Morgan fingerprint density at radius 1 is 1.56 bits per heavy atom. The largest absolute Gasteiger partial charge is 0.326 e. The quantitative estimate of drug-likeness (QED) is 0.804. The van der Waals surface area contributed by atoms with E-state index < -0.39 is 0 Å². The molecular formula is C13H14ClN3S. The smallest absolute Gasteiger partial charge is 0.127 e. The van der Waals surface area contributed by atoms with E-state index in [9.17, 15) is 0 Å². The van der Waals surface area contributed by atoms with E-state index in [2.05, 4.69) is 21.9 Å². The van der Waals surface area contributed by atoms with E-state index in [4.69, 9.17) is 16.9 Å². The molecule has 0 aliphatic heterocycles. The molecule has 18 heavy (non-hydrogen) atoms. The summed E-state index contributed by atoms with van der Waals surface area (Å²) in [5.74, 6) is 1.84. The topological polar surface area (TPSA) is 41.6 Å². The Kier molecular flexibility index (Phi) is 4.15. The van der Waals surface area contributed by atoms with Gasteiger partial charge in [-0.05, 0) is 25.3 Å². The number of benzene rings is 1. The third kappa shape index (κ3) is 2.33. The third-order valence-corrected chi connectivity index (χ3v) is 3.59. The summed E-state index contributed by atoms with van der Waals surface area (Å²) < 4.78 is 2.12. The first-order valence-electron chi connectivity index (χ1n) is 5.71. The minimum atomic E-state index is -0.161. The first-order chi connectivity index (χ1) is 8.69. The van der Waals surface area contributed by atoms with Crippen molar-refractivity contribution in [3.63, 3.8) is 0 Å². The number of alkyl halides is 1. The maximum Gasteiger partial charge on any atom is 0.127 e. The van der Waals surface area contributed by atoms with Crippen molar-refractivity contribution in [1.82, 2.24) is 9.55 Å². The van der Waals surface area contributed by atoms with Gasteiger partial charge in [-0.2, -0.15) is 17.0 Å². The number of aromatic nitrogens is 2. The van der Waals surface area contributed by atoms with Crippen molar-refractivity contribution in [3.8, 4) is 6.07 Å². The van der Waals surface area contributed by atoms with Crippen molar-refractivity contribution >= 4 is 34.4 Å². The van der Waals surface area contributed by atoms with Crippen LogP contribution in [-0.2, 0) is 6.54 Å². The second-order valence-corrected chi connectivity index (χ2v) is 5.66. The minimum Gasteiger partial charge on any atom is -0.326 e. The third-order valence-electron chi connectivity index (χ3n) is 2.80. The number of hydrogen-bond acceptors (Lipinski definition) is 3. The molecule has 0 spiro atoms. The first-order valence-corrected chi connectivity index (χ1v) is 7.54. The van der Waals surface area contributed by atoms with Gasteiger partial charge in [-0.3, -0.25) is 0 Å². The summed E-state index contributed by atoms with van der Waals surface area (Å²) in [6, 6.07) is 7.85. The lowest BCUT2D eigenvalue weighted by molar-refractivity contribution is 0.724. The number of para-hydroxylation sites is 1. The average molecular weight is 280 g/mol. The van der Waals surface area contributed by atoms with E-state index >= 15 is 0 Å². The van der Waals surface area contributed by atoms with Gasteiger partial charge in [0.2, 0.25) is 0 Å². The van der Waals surface area contributed by atoms with Crippen LogP contribution in [0.2, 0.25) is 0 Å². The number of hydrogen-bond donors (Lipinski definition) is 0. The van der Waals surface area contributed by atoms with Crippen LogP contribution >= 0.6 is 23.4 Å². The number of imidazole rings is 1. The van der Waals surface area contributed by atoms with Crippen LogP contribution in [0.4, 0.5) is 0 Å². The van der Waals surface area contributed by atoms with Crippen molar-refractivity contribution in [3.05, 3.63) is 29.6 Å². The number of halogens is 1. The minimum absolute atomic E-state index is 0.161. The van der Waals surface area contributed by atoms with Gasteiger partial charge in [-0.1, -0.05) is 6.07 Å². The molecule has 0 saturated heterocycles. The van der Waals surface area contributed by atoms with E-state index in [1.807, 2.05) is 19.1 Å². The molecule has 0 bridgehead atoms. The molecular weight excluding hydrogens is 266 g/mol. The zero-order valence-electron chi connectivity index (χ0n) is 10.4. The molecule has 2 aromatic rings. The number of thioether (sulfide) groups is 1. The Bertz CT molecular complexity index is 598. The van der Waals surface area contributed by atoms with Gasteiger partial charge in [-0.15, -0.1) is 11.6 Å². The lowest BCUT2D eigenvalue weighted by Gasteiger charge is -2.09. The standard InChI is InChI=1S/C13H14ClN3S/c1-9(14)13-16-12-10(8-15)4-3-5-11(12)17(13)6-7-18-2/h3-5,9H,6-7H2,1-2H3. The second kappa shape index (κ2) is 5.64. The highest BCUT2D eigenvalue weighted by molar-refractivity contribution is 7.98. The number of rotatable bonds is 4. The predicted molar refractivity (Wildman–Crippen MR) is 77.1 cm³/mol. The molecule has 94 valence electrons. The van der Waals surface area contributed by atoms with E-state index in [0.717, 1.165) is 29.2 Å². The molecule has 0 radical (unpaired) electrons. The monoisotopic (exact) mass is 279 g/mol. The van der Waals surface area contributed by atoms with Crippen LogP contribution in [0.15, 0.2) is 18.2 Å². The van der Waals surface area contributed by atoms with Crippen LogP contribution in [0.3, 0.4) is 0 Å². The summed E-state index contributed by atoms with van der Waals surface area (Å²) in [7, 11) is 0. The highest BCUT2D eigenvalue weighted by Gasteiger charge is 2.16. The second-order valence-electron chi connectivity index (χ2n) is 4.02. The summed E-state index contributed by atoms with van der Waals surface area (Å²) in [5, 5.41) is 8.95. The van der Waals surface area contributed by atoms with Gasteiger partial charge in [-0.25, -0.2) is 4.98 Å². The molecule has 0 N–H and O–H groups in total. The molecule has 1 unspecified atom stereocenters.